The average molecular weight is 418 g/mol. The Morgan fingerprint density at radius 1 is 1.34 bits per heavy atom. The maximum atomic E-state index is 12.7. The average Bonchev–Trinajstić information content (AvgIpc) is 3.60. The molecule has 1 aliphatic carbocycles. The molecule has 2 fully saturated rings. The number of benzene rings is 1. The number of nitrogens with one attached hydrogen (secondary N) is 1. The number of carbonyl (C=O) groups is 1. The lowest BCUT2D eigenvalue weighted by atomic mass is 10.1. The zero-order valence-electron chi connectivity index (χ0n) is 16.5. The van der Waals surface area contributed by atoms with Gasteiger partial charge < -0.3 is 24.6 Å². The predicted molar refractivity (Wildman–Crippen MR) is 111 cm³/mol. The van der Waals surface area contributed by atoms with Crippen LogP contribution in [0.4, 0.5) is 17.5 Å². The third-order valence-electron chi connectivity index (χ3n) is 5.15. The number of aromatic nitrogens is 2. The van der Waals surface area contributed by atoms with Gasteiger partial charge >= 0.3 is 0 Å². The van der Waals surface area contributed by atoms with Crippen LogP contribution >= 0.6 is 11.6 Å². The number of ether oxygens (including phenoxy) is 2. The zero-order chi connectivity index (χ0) is 20.4. The van der Waals surface area contributed by atoms with E-state index in [1.165, 1.54) is 0 Å². The van der Waals surface area contributed by atoms with Crippen molar-refractivity contribution in [1.29, 1.82) is 0 Å². The fourth-order valence-corrected chi connectivity index (χ4v) is 3.52. The first kappa shape index (κ1) is 19.7. The van der Waals surface area contributed by atoms with Gasteiger partial charge in [0.1, 0.15) is 10.8 Å². The number of anilines is 3. The van der Waals surface area contributed by atoms with Crippen molar-refractivity contribution in [2.45, 2.75) is 18.9 Å². The summed E-state index contributed by atoms with van der Waals surface area (Å²) in [5.74, 6) is 1.63. The van der Waals surface area contributed by atoms with E-state index in [1.807, 2.05) is 7.05 Å². The third kappa shape index (κ3) is 4.38. The van der Waals surface area contributed by atoms with Crippen LogP contribution in [0.5, 0.6) is 5.75 Å². The molecule has 0 atom stereocenters. The van der Waals surface area contributed by atoms with Crippen molar-refractivity contribution in [1.82, 2.24) is 14.9 Å². The van der Waals surface area contributed by atoms with Gasteiger partial charge in [0, 0.05) is 31.7 Å². The van der Waals surface area contributed by atoms with Crippen molar-refractivity contribution in [2.24, 2.45) is 0 Å². The fraction of sp³-hybridized carbons (Fsp3) is 0.450. The molecule has 1 saturated carbocycles. The van der Waals surface area contributed by atoms with Crippen molar-refractivity contribution >= 4 is 35.0 Å². The van der Waals surface area contributed by atoms with Crippen LogP contribution in [0.25, 0.3) is 0 Å². The van der Waals surface area contributed by atoms with Crippen LogP contribution < -0.4 is 15.0 Å². The molecule has 2 heterocycles. The molecule has 0 bridgehead atoms. The molecule has 1 aliphatic heterocycles. The molecule has 154 valence electrons. The number of rotatable bonds is 6. The normalized spacial score (nSPS) is 16.4. The molecule has 4 rings (SSSR count). The van der Waals surface area contributed by atoms with Gasteiger partial charge in [-0.1, -0.05) is 11.6 Å². The van der Waals surface area contributed by atoms with Crippen molar-refractivity contribution in [3.05, 3.63) is 35.0 Å². The summed E-state index contributed by atoms with van der Waals surface area (Å²) < 4.78 is 10.8. The van der Waals surface area contributed by atoms with Gasteiger partial charge in [-0.15, -0.1) is 0 Å². The van der Waals surface area contributed by atoms with Gasteiger partial charge in [-0.3, -0.25) is 4.79 Å². The van der Waals surface area contributed by atoms with Crippen LogP contribution in [0.3, 0.4) is 0 Å². The second-order valence-electron chi connectivity index (χ2n) is 7.15. The molecule has 1 N–H and O–H groups in total. The lowest BCUT2D eigenvalue weighted by molar-refractivity contribution is 0.0302. The minimum Gasteiger partial charge on any atom is -0.495 e. The smallest absolute Gasteiger partial charge is 0.254 e. The van der Waals surface area contributed by atoms with E-state index in [4.69, 9.17) is 21.1 Å². The van der Waals surface area contributed by atoms with E-state index in [0.29, 0.717) is 66.1 Å². The molecule has 2 aliphatic rings. The largest absolute Gasteiger partial charge is 0.495 e. The molecule has 2 aromatic rings. The minimum absolute atomic E-state index is 0.0331. The highest BCUT2D eigenvalue weighted by molar-refractivity contribution is 6.32. The highest BCUT2D eigenvalue weighted by Crippen LogP contribution is 2.34. The molecular weight excluding hydrogens is 394 g/mol. The molecule has 1 saturated heterocycles. The Balaban J connectivity index is 1.54. The van der Waals surface area contributed by atoms with Crippen molar-refractivity contribution in [2.75, 3.05) is 50.7 Å². The zero-order valence-corrected chi connectivity index (χ0v) is 17.3. The van der Waals surface area contributed by atoms with Crippen LogP contribution in [0.1, 0.15) is 23.2 Å². The Kier molecular flexibility index (Phi) is 5.73. The highest BCUT2D eigenvalue weighted by Gasteiger charge is 2.29. The third-order valence-corrected chi connectivity index (χ3v) is 5.41. The van der Waals surface area contributed by atoms with Crippen molar-refractivity contribution in [3.63, 3.8) is 0 Å². The fourth-order valence-electron chi connectivity index (χ4n) is 3.30. The number of nitrogens with zero attached hydrogens (tertiary/aromatic N) is 4. The van der Waals surface area contributed by atoms with E-state index in [2.05, 4.69) is 20.2 Å². The minimum atomic E-state index is -0.0331. The number of hydrogen-bond acceptors (Lipinski definition) is 7. The summed E-state index contributed by atoms with van der Waals surface area (Å²) in [6.45, 7) is 2.32. The number of halogens is 1. The second-order valence-corrected chi connectivity index (χ2v) is 7.56. The van der Waals surface area contributed by atoms with Crippen LogP contribution in [0.15, 0.2) is 24.4 Å². The second kappa shape index (κ2) is 8.42. The standard InChI is InChI=1S/C20H24ClN5O3/c1-25(14-4-5-14)18-15(21)12-22-20(24-18)23-16-6-3-13(11-17(16)28-2)19(27)26-7-9-29-10-8-26/h3,6,11-12,14H,4-5,7-10H2,1-2H3,(H,22,23,24). The van der Waals surface area contributed by atoms with E-state index < -0.39 is 0 Å². The van der Waals surface area contributed by atoms with E-state index in [0.717, 1.165) is 12.8 Å². The predicted octanol–water partition coefficient (Wildman–Crippen LogP) is 2.95. The number of methoxy groups -OCH3 is 1. The Morgan fingerprint density at radius 2 is 2.10 bits per heavy atom. The van der Waals surface area contributed by atoms with E-state index in [-0.39, 0.29) is 5.91 Å². The Labute approximate surface area is 174 Å². The summed E-state index contributed by atoms with van der Waals surface area (Å²) in [4.78, 5) is 25.4. The summed E-state index contributed by atoms with van der Waals surface area (Å²) >= 11 is 6.28. The highest BCUT2D eigenvalue weighted by atomic mass is 35.5. The Hall–Kier alpha value is -2.58. The molecule has 9 heteroatoms. The Morgan fingerprint density at radius 3 is 2.79 bits per heavy atom. The topological polar surface area (TPSA) is 79.8 Å². The summed E-state index contributed by atoms with van der Waals surface area (Å²) in [5.41, 5.74) is 1.24. The SMILES string of the molecule is COc1cc(C(=O)N2CCOCC2)ccc1Nc1ncc(Cl)c(N(C)C2CC2)n1. The van der Waals surface area contributed by atoms with Crippen molar-refractivity contribution in [3.8, 4) is 5.75 Å². The number of amides is 1. The van der Waals surface area contributed by atoms with Gasteiger partial charge in [0.15, 0.2) is 5.82 Å². The van der Waals surface area contributed by atoms with E-state index in [1.54, 1.807) is 36.4 Å². The quantitative estimate of drug-likeness (QED) is 0.773. The van der Waals surface area contributed by atoms with Gasteiger partial charge in [-0.05, 0) is 31.0 Å². The molecule has 1 aromatic heterocycles. The van der Waals surface area contributed by atoms with Gasteiger partial charge in [0.25, 0.3) is 5.91 Å². The maximum Gasteiger partial charge on any atom is 0.254 e. The molecule has 1 aromatic carbocycles. The van der Waals surface area contributed by atoms with Crippen LogP contribution in [-0.2, 0) is 4.74 Å². The van der Waals surface area contributed by atoms with Gasteiger partial charge in [-0.2, -0.15) is 4.98 Å². The Bertz CT molecular complexity index is 900. The van der Waals surface area contributed by atoms with Gasteiger partial charge in [0.05, 0.1) is 32.2 Å². The first-order valence-corrected chi connectivity index (χ1v) is 10.0. The molecule has 8 nitrogen and oxygen atoms in total. The lowest BCUT2D eigenvalue weighted by Crippen LogP contribution is -2.40. The monoisotopic (exact) mass is 417 g/mol. The van der Waals surface area contributed by atoms with E-state index >= 15 is 0 Å². The number of morpholine rings is 1. The maximum absolute atomic E-state index is 12.7. The molecular formula is C20H24ClN5O3. The first-order chi connectivity index (χ1) is 14.1. The molecule has 0 spiro atoms. The van der Waals surface area contributed by atoms with Gasteiger partial charge in [-0.25, -0.2) is 4.98 Å². The number of carbonyl (C=O) groups excluding carboxylic acids is 1. The summed E-state index contributed by atoms with van der Waals surface area (Å²) in [7, 11) is 3.56. The lowest BCUT2D eigenvalue weighted by Gasteiger charge is -2.27. The van der Waals surface area contributed by atoms with Crippen LogP contribution in [0.2, 0.25) is 5.02 Å². The number of hydrogen-bond donors (Lipinski definition) is 1. The molecule has 1 amide bonds. The summed E-state index contributed by atoms with van der Waals surface area (Å²) in [5, 5.41) is 3.69. The van der Waals surface area contributed by atoms with Crippen LogP contribution in [0, 0.1) is 0 Å². The van der Waals surface area contributed by atoms with Gasteiger partial charge in [0.2, 0.25) is 5.95 Å². The summed E-state index contributed by atoms with van der Waals surface area (Å²) in [6, 6.07) is 5.79. The molecule has 0 unspecified atom stereocenters. The first-order valence-electron chi connectivity index (χ1n) is 9.64. The molecule has 29 heavy (non-hydrogen) atoms. The van der Waals surface area contributed by atoms with Crippen molar-refractivity contribution < 1.29 is 14.3 Å². The summed E-state index contributed by atoms with van der Waals surface area (Å²) in [6.07, 6.45) is 3.88. The van der Waals surface area contributed by atoms with E-state index in [9.17, 15) is 4.79 Å². The molecule has 0 radical (unpaired) electrons. The van der Waals surface area contributed by atoms with Crippen LogP contribution in [-0.4, -0.2) is 67.3 Å².